The molecule has 134 valence electrons. The van der Waals surface area contributed by atoms with Crippen molar-refractivity contribution in [2.24, 2.45) is 0 Å². The third kappa shape index (κ3) is 4.31. The highest BCUT2D eigenvalue weighted by molar-refractivity contribution is 7.62. The molecule has 0 aromatic heterocycles. The molecular formula is C20H31O3P. The first-order valence-electron chi connectivity index (χ1n) is 9.62. The molecule has 0 radical (unpaired) electrons. The van der Waals surface area contributed by atoms with Crippen LogP contribution in [-0.2, 0) is 13.6 Å². The first-order chi connectivity index (χ1) is 11.6. The van der Waals surface area contributed by atoms with Crippen LogP contribution in [0.15, 0.2) is 18.2 Å². The standard InChI is InChI=1S/C20H31O3P/c1-16-10-9-15-20(17(16)2)24(21,22-18-11-5-3-6-12-18)23-19-13-7-4-8-14-19/h9-10,15,18-19H,3-8,11-14H2,1-2H3. The second-order valence-electron chi connectivity index (χ2n) is 7.45. The zero-order valence-corrected chi connectivity index (χ0v) is 16.0. The molecule has 2 aliphatic carbocycles. The highest BCUT2D eigenvalue weighted by atomic mass is 31.2. The van der Waals surface area contributed by atoms with E-state index in [1.165, 1.54) is 38.5 Å². The molecule has 2 fully saturated rings. The van der Waals surface area contributed by atoms with E-state index in [1.54, 1.807) is 0 Å². The van der Waals surface area contributed by atoms with Gasteiger partial charge in [-0.25, -0.2) is 0 Å². The van der Waals surface area contributed by atoms with Crippen molar-refractivity contribution in [2.45, 2.75) is 90.3 Å². The van der Waals surface area contributed by atoms with Crippen LogP contribution in [-0.4, -0.2) is 12.2 Å². The van der Waals surface area contributed by atoms with Crippen molar-refractivity contribution in [3.63, 3.8) is 0 Å². The Balaban J connectivity index is 1.86. The van der Waals surface area contributed by atoms with E-state index >= 15 is 0 Å². The van der Waals surface area contributed by atoms with E-state index in [-0.39, 0.29) is 12.2 Å². The number of aryl methyl sites for hydroxylation is 1. The zero-order valence-electron chi connectivity index (χ0n) is 15.1. The monoisotopic (exact) mass is 350 g/mol. The van der Waals surface area contributed by atoms with Gasteiger partial charge in [-0.2, -0.15) is 0 Å². The van der Waals surface area contributed by atoms with Crippen molar-refractivity contribution < 1.29 is 13.6 Å². The molecule has 0 atom stereocenters. The van der Waals surface area contributed by atoms with Gasteiger partial charge in [-0.15, -0.1) is 0 Å². The molecule has 0 amide bonds. The minimum atomic E-state index is -3.27. The fraction of sp³-hybridized carbons (Fsp3) is 0.700. The van der Waals surface area contributed by atoms with Gasteiger partial charge in [-0.1, -0.05) is 50.7 Å². The molecule has 4 heteroatoms. The summed E-state index contributed by atoms with van der Waals surface area (Å²) < 4.78 is 26.4. The summed E-state index contributed by atoms with van der Waals surface area (Å²) in [6, 6.07) is 5.97. The predicted octanol–water partition coefficient (Wildman–Crippen LogP) is 5.82. The molecule has 0 bridgehead atoms. The second kappa shape index (κ2) is 8.17. The van der Waals surface area contributed by atoms with E-state index in [4.69, 9.17) is 9.05 Å². The highest BCUT2D eigenvalue weighted by Gasteiger charge is 2.36. The van der Waals surface area contributed by atoms with Crippen molar-refractivity contribution >= 4 is 12.9 Å². The van der Waals surface area contributed by atoms with E-state index < -0.39 is 7.60 Å². The topological polar surface area (TPSA) is 35.5 Å². The first-order valence-corrected chi connectivity index (χ1v) is 11.2. The van der Waals surface area contributed by atoms with Crippen molar-refractivity contribution in [3.05, 3.63) is 29.3 Å². The summed E-state index contributed by atoms with van der Waals surface area (Å²) in [6.45, 7) is 4.09. The van der Waals surface area contributed by atoms with Crippen molar-refractivity contribution in [1.29, 1.82) is 0 Å². The Morgan fingerprint density at radius 2 is 1.33 bits per heavy atom. The Hall–Kier alpha value is -0.630. The third-order valence-electron chi connectivity index (χ3n) is 5.55. The van der Waals surface area contributed by atoms with Gasteiger partial charge < -0.3 is 9.05 Å². The molecule has 0 unspecified atom stereocenters. The lowest BCUT2D eigenvalue weighted by molar-refractivity contribution is 0.0845. The van der Waals surface area contributed by atoms with Gasteiger partial charge in [0.2, 0.25) is 0 Å². The van der Waals surface area contributed by atoms with Crippen LogP contribution in [0.25, 0.3) is 0 Å². The fourth-order valence-corrected chi connectivity index (χ4v) is 6.24. The largest absolute Gasteiger partial charge is 0.362 e. The van der Waals surface area contributed by atoms with Gasteiger partial charge in [0, 0.05) is 0 Å². The first kappa shape index (κ1) is 18.2. The molecule has 0 saturated heterocycles. The van der Waals surface area contributed by atoms with Gasteiger partial charge in [-0.3, -0.25) is 4.57 Å². The van der Waals surface area contributed by atoms with Crippen LogP contribution in [0.2, 0.25) is 0 Å². The number of hydrogen-bond donors (Lipinski definition) is 0. The molecule has 0 aliphatic heterocycles. The lowest BCUT2D eigenvalue weighted by Gasteiger charge is -2.32. The molecule has 1 aromatic carbocycles. The van der Waals surface area contributed by atoms with Gasteiger partial charge in [0.05, 0.1) is 17.5 Å². The summed E-state index contributed by atoms with van der Waals surface area (Å²) >= 11 is 0. The summed E-state index contributed by atoms with van der Waals surface area (Å²) in [5.41, 5.74) is 2.19. The van der Waals surface area contributed by atoms with Crippen molar-refractivity contribution in [1.82, 2.24) is 0 Å². The van der Waals surface area contributed by atoms with Crippen molar-refractivity contribution in [3.8, 4) is 0 Å². The maximum absolute atomic E-state index is 13.9. The Kier molecular flexibility index (Phi) is 6.18. The maximum atomic E-state index is 13.9. The molecule has 2 saturated carbocycles. The Morgan fingerprint density at radius 1 is 0.833 bits per heavy atom. The smallest absolute Gasteiger partial charge is 0.302 e. The van der Waals surface area contributed by atoms with E-state index in [0.717, 1.165) is 42.1 Å². The summed E-state index contributed by atoms with van der Waals surface area (Å²) in [5.74, 6) is 0. The van der Waals surface area contributed by atoms with E-state index in [0.29, 0.717) is 0 Å². The highest BCUT2D eigenvalue weighted by Crippen LogP contribution is 2.53. The van der Waals surface area contributed by atoms with E-state index in [9.17, 15) is 4.57 Å². The molecule has 0 spiro atoms. The van der Waals surface area contributed by atoms with Crippen LogP contribution in [0, 0.1) is 13.8 Å². The summed E-state index contributed by atoms with van der Waals surface area (Å²) in [4.78, 5) is 0. The average Bonchev–Trinajstić information content (AvgIpc) is 2.59. The number of benzene rings is 1. The number of rotatable bonds is 5. The molecule has 3 nitrogen and oxygen atoms in total. The van der Waals surface area contributed by atoms with Crippen LogP contribution in [0.3, 0.4) is 0 Å². The SMILES string of the molecule is Cc1cccc(P(=O)(OC2CCCCC2)OC2CCCCC2)c1C. The van der Waals surface area contributed by atoms with Crippen LogP contribution in [0.5, 0.6) is 0 Å². The van der Waals surface area contributed by atoms with Crippen LogP contribution < -0.4 is 5.30 Å². The Labute approximate surface area is 146 Å². The zero-order chi connectivity index (χ0) is 17.0. The quantitative estimate of drug-likeness (QED) is 0.628. The lowest BCUT2D eigenvalue weighted by atomic mass is 9.98. The van der Waals surface area contributed by atoms with Crippen molar-refractivity contribution in [2.75, 3.05) is 0 Å². The molecule has 0 heterocycles. The van der Waals surface area contributed by atoms with E-state index in [2.05, 4.69) is 13.0 Å². The normalized spacial score (nSPS) is 21.1. The summed E-state index contributed by atoms with van der Waals surface area (Å²) in [7, 11) is -3.27. The summed E-state index contributed by atoms with van der Waals surface area (Å²) in [5, 5.41) is 0.777. The predicted molar refractivity (Wildman–Crippen MR) is 99.1 cm³/mol. The number of hydrogen-bond acceptors (Lipinski definition) is 3. The molecule has 3 rings (SSSR count). The van der Waals surface area contributed by atoms with Gasteiger partial charge in [0.15, 0.2) is 0 Å². The minimum Gasteiger partial charge on any atom is -0.302 e. The molecular weight excluding hydrogens is 319 g/mol. The van der Waals surface area contributed by atoms with Crippen LogP contribution in [0.1, 0.15) is 75.3 Å². The Morgan fingerprint density at radius 3 is 1.83 bits per heavy atom. The third-order valence-corrected chi connectivity index (χ3v) is 7.78. The van der Waals surface area contributed by atoms with Crippen LogP contribution in [0.4, 0.5) is 0 Å². The minimum absolute atomic E-state index is 0.0769. The van der Waals surface area contributed by atoms with Gasteiger partial charge in [-0.05, 0) is 56.7 Å². The fourth-order valence-electron chi connectivity index (χ4n) is 3.90. The van der Waals surface area contributed by atoms with E-state index in [1.807, 2.05) is 19.1 Å². The van der Waals surface area contributed by atoms with Gasteiger partial charge in [0.25, 0.3) is 0 Å². The molecule has 0 N–H and O–H groups in total. The lowest BCUT2D eigenvalue weighted by Crippen LogP contribution is -2.25. The average molecular weight is 350 g/mol. The Bertz CT molecular complexity index is 563. The summed E-state index contributed by atoms with van der Waals surface area (Å²) in [6.07, 6.45) is 11.4. The van der Waals surface area contributed by atoms with Crippen LogP contribution >= 0.6 is 7.60 Å². The van der Waals surface area contributed by atoms with Gasteiger partial charge in [0.1, 0.15) is 0 Å². The molecule has 1 aromatic rings. The molecule has 2 aliphatic rings. The molecule has 24 heavy (non-hydrogen) atoms. The van der Waals surface area contributed by atoms with Gasteiger partial charge >= 0.3 is 7.60 Å². The second-order valence-corrected chi connectivity index (χ2v) is 9.35. The maximum Gasteiger partial charge on any atom is 0.362 e.